The number of anilines is 1. The number of rotatable bonds is 1. The first kappa shape index (κ1) is 13.5. The number of nitrogens with zero attached hydrogens (tertiary/aromatic N) is 2. The van der Waals surface area contributed by atoms with Crippen LogP contribution in [-0.2, 0) is 4.79 Å². The number of aromatic nitrogens is 2. The zero-order valence-electron chi connectivity index (χ0n) is 11.2. The summed E-state index contributed by atoms with van der Waals surface area (Å²) in [5.41, 5.74) is 3.20. The van der Waals surface area contributed by atoms with E-state index in [-0.39, 0.29) is 11.2 Å². The maximum atomic E-state index is 12.0. The van der Waals surface area contributed by atoms with Gasteiger partial charge >= 0.3 is 0 Å². The van der Waals surface area contributed by atoms with E-state index in [1.54, 1.807) is 23.7 Å². The average molecular weight is 308 g/mol. The molecule has 1 aromatic carbocycles. The van der Waals surface area contributed by atoms with Crippen LogP contribution in [0.25, 0.3) is 0 Å². The molecule has 1 atom stereocenters. The number of hydrogen-bond acceptors (Lipinski definition) is 3. The molecule has 104 valence electrons. The van der Waals surface area contributed by atoms with E-state index in [0.29, 0.717) is 10.8 Å². The number of benzene rings is 1. The molecule has 0 fully saturated rings. The van der Waals surface area contributed by atoms with Crippen LogP contribution in [0.3, 0.4) is 0 Å². The average Bonchev–Trinajstić information content (AvgIpc) is 2.76. The lowest BCUT2D eigenvalue weighted by molar-refractivity contribution is -0.115. The van der Waals surface area contributed by atoms with Crippen LogP contribution in [0.15, 0.2) is 24.3 Å². The Bertz CT molecular complexity index is 653. The van der Waals surface area contributed by atoms with Gasteiger partial charge in [0.25, 0.3) is 0 Å². The largest absolute Gasteiger partial charge is 0.297 e. The number of hydrogen-bond donors (Lipinski definition) is 1. The molecule has 0 spiro atoms. The van der Waals surface area contributed by atoms with E-state index < -0.39 is 0 Å². The Balaban J connectivity index is 2.11. The summed E-state index contributed by atoms with van der Waals surface area (Å²) in [6, 6.07) is 7.77. The summed E-state index contributed by atoms with van der Waals surface area (Å²) in [6.07, 6.45) is 0. The minimum atomic E-state index is 0.0687. The number of H-pyrrole nitrogens is 1. The van der Waals surface area contributed by atoms with E-state index >= 15 is 0 Å². The molecule has 0 bridgehead atoms. The maximum absolute atomic E-state index is 12.0. The molecule has 1 aromatic heterocycles. The SMILES string of the molecule is Cc1[nH]nc2c1C(c1ccc(Cl)cc1)SCC(=O)N2C. The van der Waals surface area contributed by atoms with Gasteiger partial charge in [-0.1, -0.05) is 23.7 Å². The van der Waals surface area contributed by atoms with Gasteiger partial charge in [-0.05, 0) is 24.6 Å². The van der Waals surface area contributed by atoms with Crippen LogP contribution in [0.1, 0.15) is 22.1 Å². The third-order valence-electron chi connectivity index (χ3n) is 3.47. The van der Waals surface area contributed by atoms with Crippen molar-refractivity contribution in [3.8, 4) is 0 Å². The fraction of sp³-hybridized carbons (Fsp3) is 0.286. The van der Waals surface area contributed by atoms with Crippen molar-refractivity contribution in [3.63, 3.8) is 0 Å². The number of fused-ring (bicyclic) bond motifs is 1. The molecule has 1 N–H and O–H groups in total. The Labute approximate surface area is 126 Å². The molecule has 20 heavy (non-hydrogen) atoms. The predicted molar refractivity (Wildman–Crippen MR) is 82.5 cm³/mol. The minimum Gasteiger partial charge on any atom is -0.297 e. The Morgan fingerprint density at radius 3 is 2.80 bits per heavy atom. The van der Waals surface area contributed by atoms with Gasteiger partial charge in [0.1, 0.15) is 0 Å². The zero-order chi connectivity index (χ0) is 14.3. The lowest BCUT2D eigenvalue weighted by Gasteiger charge is -2.16. The van der Waals surface area contributed by atoms with Gasteiger partial charge < -0.3 is 0 Å². The monoisotopic (exact) mass is 307 g/mol. The smallest absolute Gasteiger partial charge is 0.237 e. The molecule has 3 rings (SSSR count). The number of carbonyl (C=O) groups is 1. The van der Waals surface area contributed by atoms with Crippen molar-refractivity contribution in [2.24, 2.45) is 0 Å². The van der Waals surface area contributed by atoms with Gasteiger partial charge in [-0.2, -0.15) is 5.10 Å². The standard InChI is InChI=1S/C14H14ClN3OS/c1-8-12-13(9-3-5-10(15)6-4-9)20-7-11(19)18(2)14(12)17-16-8/h3-6,13H,7H2,1-2H3,(H,16,17). The molecule has 2 heterocycles. The molecule has 1 unspecified atom stereocenters. The van der Waals surface area contributed by atoms with Crippen LogP contribution in [0.5, 0.6) is 0 Å². The van der Waals surface area contributed by atoms with Crippen LogP contribution in [0, 0.1) is 6.92 Å². The highest BCUT2D eigenvalue weighted by Crippen LogP contribution is 2.43. The number of thioether (sulfide) groups is 1. The summed E-state index contributed by atoms with van der Waals surface area (Å²) >= 11 is 7.57. The molecular formula is C14H14ClN3OS. The van der Waals surface area contributed by atoms with Gasteiger partial charge in [-0.15, -0.1) is 11.8 Å². The third kappa shape index (κ3) is 2.21. The van der Waals surface area contributed by atoms with Crippen LogP contribution < -0.4 is 4.90 Å². The summed E-state index contributed by atoms with van der Waals surface area (Å²) in [4.78, 5) is 13.7. The normalized spacial score (nSPS) is 18.9. The molecule has 2 aromatic rings. The Kier molecular flexibility index (Phi) is 3.48. The molecule has 1 amide bonds. The zero-order valence-corrected chi connectivity index (χ0v) is 12.8. The second-order valence-electron chi connectivity index (χ2n) is 4.78. The Morgan fingerprint density at radius 1 is 1.40 bits per heavy atom. The number of carbonyl (C=O) groups excluding carboxylic acids is 1. The topological polar surface area (TPSA) is 49.0 Å². The van der Waals surface area contributed by atoms with E-state index in [1.807, 2.05) is 31.2 Å². The first-order valence-electron chi connectivity index (χ1n) is 6.26. The van der Waals surface area contributed by atoms with E-state index in [1.165, 1.54) is 0 Å². The van der Waals surface area contributed by atoms with Crippen LogP contribution in [0.4, 0.5) is 5.82 Å². The molecule has 1 aliphatic rings. The molecule has 6 heteroatoms. The van der Waals surface area contributed by atoms with Gasteiger partial charge in [0.15, 0.2) is 5.82 Å². The maximum Gasteiger partial charge on any atom is 0.237 e. The minimum absolute atomic E-state index is 0.0687. The van der Waals surface area contributed by atoms with Crippen LogP contribution >= 0.6 is 23.4 Å². The van der Waals surface area contributed by atoms with Crippen molar-refractivity contribution in [1.29, 1.82) is 0 Å². The highest BCUT2D eigenvalue weighted by molar-refractivity contribution is 8.00. The number of aryl methyl sites for hydroxylation is 1. The van der Waals surface area contributed by atoms with Gasteiger partial charge in [-0.3, -0.25) is 14.8 Å². The van der Waals surface area contributed by atoms with Crippen molar-refractivity contribution in [3.05, 3.63) is 46.1 Å². The van der Waals surface area contributed by atoms with Crippen molar-refractivity contribution < 1.29 is 4.79 Å². The summed E-state index contributed by atoms with van der Waals surface area (Å²) < 4.78 is 0. The highest BCUT2D eigenvalue weighted by Gasteiger charge is 2.31. The quantitative estimate of drug-likeness (QED) is 0.880. The summed E-state index contributed by atoms with van der Waals surface area (Å²) in [7, 11) is 1.77. The molecule has 0 aliphatic carbocycles. The van der Waals surface area contributed by atoms with E-state index in [9.17, 15) is 4.79 Å². The summed E-state index contributed by atoms with van der Waals surface area (Å²) in [5, 5.41) is 8.07. The molecule has 0 saturated carbocycles. The second-order valence-corrected chi connectivity index (χ2v) is 6.31. The summed E-state index contributed by atoms with van der Waals surface area (Å²) in [6.45, 7) is 1.99. The van der Waals surface area contributed by atoms with E-state index in [2.05, 4.69) is 10.2 Å². The first-order chi connectivity index (χ1) is 9.58. The summed E-state index contributed by atoms with van der Waals surface area (Å²) in [5.74, 6) is 1.23. The fourth-order valence-corrected chi connectivity index (χ4v) is 3.78. The molecule has 0 saturated heterocycles. The predicted octanol–water partition coefficient (Wildman–Crippen LogP) is 3.17. The third-order valence-corrected chi connectivity index (χ3v) is 4.98. The molecule has 4 nitrogen and oxygen atoms in total. The van der Waals surface area contributed by atoms with Crippen LogP contribution in [0.2, 0.25) is 5.02 Å². The number of amides is 1. The molecular weight excluding hydrogens is 294 g/mol. The number of aromatic amines is 1. The number of nitrogens with one attached hydrogen (secondary N) is 1. The Hall–Kier alpha value is -1.46. The molecule has 1 aliphatic heterocycles. The van der Waals surface area contributed by atoms with Crippen molar-refractivity contribution >= 4 is 35.1 Å². The van der Waals surface area contributed by atoms with Gasteiger partial charge in [0, 0.05) is 23.3 Å². The fourth-order valence-electron chi connectivity index (χ4n) is 2.35. The highest BCUT2D eigenvalue weighted by atomic mass is 35.5. The Morgan fingerprint density at radius 2 is 2.10 bits per heavy atom. The lowest BCUT2D eigenvalue weighted by atomic mass is 10.0. The van der Waals surface area contributed by atoms with Crippen molar-refractivity contribution in [2.75, 3.05) is 17.7 Å². The number of halogens is 1. The van der Waals surface area contributed by atoms with Gasteiger partial charge in [-0.25, -0.2) is 0 Å². The lowest BCUT2D eigenvalue weighted by Crippen LogP contribution is -2.27. The molecule has 0 radical (unpaired) electrons. The van der Waals surface area contributed by atoms with Crippen molar-refractivity contribution in [1.82, 2.24) is 10.2 Å². The van der Waals surface area contributed by atoms with Crippen molar-refractivity contribution in [2.45, 2.75) is 12.2 Å². The van der Waals surface area contributed by atoms with Crippen LogP contribution in [-0.4, -0.2) is 28.9 Å². The van der Waals surface area contributed by atoms with Gasteiger partial charge in [0.05, 0.1) is 11.0 Å². The van der Waals surface area contributed by atoms with E-state index in [0.717, 1.165) is 22.6 Å². The van der Waals surface area contributed by atoms with Gasteiger partial charge in [0.2, 0.25) is 5.91 Å². The second kappa shape index (κ2) is 5.14. The first-order valence-corrected chi connectivity index (χ1v) is 7.69. The van der Waals surface area contributed by atoms with E-state index in [4.69, 9.17) is 11.6 Å².